The van der Waals surface area contributed by atoms with E-state index in [4.69, 9.17) is 5.73 Å². The number of aryl methyl sites for hydroxylation is 1. The quantitative estimate of drug-likeness (QED) is 0.898. The molecule has 0 bridgehead atoms. The van der Waals surface area contributed by atoms with E-state index >= 15 is 0 Å². The van der Waals surface area contributed by atoms with Gasteiger partial charge < -0.3 is 5.73 Å². The number of halogens is 1. The Kier molecular flexibility index (Phi) is 4.05. The van der Waals surface area contributed by atoms with Gasteiger partial charge in [-0.15, -0.1) is 0 Å². The minimum absolute atomic E-state index is 0.00657. The highest BCUT2D eigenvalue weighted by Crippen LogP contribution is 2.13. The molecular formula is C15H17FN2. The van der Waals surface area contributed by atoms with Crippen molar-refractivity contribution in [3.63, 3.8) is 0 Å². The maximum atomic E-state index is 13.2. The van der Waals surface area contributed by atoms with Crippen molar-refractivity contribution in [2.24, 2.45) is 5.73 Å². The smallest absolute Gasteiger partial charge is 0.123 e. The molecule has 3 heteroatoms. The van der Waals surface area contributed by atoms with Crippen LogP contribution in [0.4, 0.5) is 4.39 Å². The SMILES string of the molecule is Cc1ccc(F)cc1CC(N)Cc1ccncc1. The van der Waals surface area contributed by atoms with Crippen LogP contribution < -0.4 is 5.73 Å². The zero-order valence-electron chi connectivity index (χ0n) is 10.4. The average Bonchev–Trinajstić information content (AvgIpc) is 2.35. The molecule has 0 aliphatic carbocycles. The molecule has 0 aliphatic heterocycles. The summed E-state index contributed by atoms with van der Waals surface area (Å²) in [5.74, 6) is -0.202. The van der Waals surface area contributed by atoms with Crippen LogP contribution in [0.1, 0.15) is 16.7 Å². The molecule has 0 saturated carbocycles. The molecule has 0 aliphatic rings. The molecule has 1 heterocycles. The number of nitrogens with two attached hydrogens (primary N) is 1. The number of aromatic nitrogens is 1. The molecule has 2 rings (SSSR count). The summed E-state index contributed by atoms with van der Waals surface area (Å²) in [5.41, 5.74) is 9.34. The lowest BCUT2D eigenvalue weighted by molar-refractivity contribution is 0.616. The Morgan fingerprint density at radius 2 is 1.89 bits per heavy atom. The van der Waals surface area contributed by atoms with E-state index in [0.717, 1.165) is 23.1 Å². The molecule has 0 saturated heterocycles. The van der Waals surface area contributed by atoms with Gasteiger partial charge in [-0.3, -0.25) is 4.98 Å². The number of nitrogens with zero attached hydrogens (tertiary/aromatic N) is 1. The zero-order chi connectivity index (χ0) is 13.0. The first-order chi connectivity index (χ1) is 8.65. The molecular weight excluding hydrogens is 227 g/mol. The van der Waals surface area contributed by atoms with Crippen LogP contribution in [0.2, 0.25) is 0 Å². The molecule has 0 spiro atoms. The van der Waals surface area contributed by atoms with E-state index in [1.165, 1.54) is 6.07 Å². The van der Waals surface area contributed by atoms with Gasteiger partial charge in [-0.25, -0.2) is 4.39 Å². The fourth-order valence-electron chi connectivity index (χ4n) is 2.04. The van der Waals surface area contributed by atoms with Crippen molar-refractivity contribution in [2.45, 2.75) is 25.8 Å². The van der Waals surface area contributed by atoms with E-state index in [-0.39, 0.29) is 11.9 Å². The maximum absolute atomic E-state index is 13.2. The van der Waals surface area contributed by atoms with Gasteiger partial charge in [0.15, 0.2) is 0 Å². The van der Waals surface area contributed by atoms with Gasteiger partial charge in [0.05, 0.1) is 0 Å². The van der Waals surface area contributed by atoms with Gasteiger partial charge in [-0.05, 0) is 60.7 Å². The number of hydrogen-bond donors (Lipinski definition) is 1. The predicted molar refractivity (Wildman–Crippen MR) is 70.8 cm³/mol. The van der Waals surface area contributed by atoms with Crippen LogP contribution in [0.3, 0.4) is 0 Å². The molecule has 1 unspecified atom stereocenters. The summed E-state index contributed by atoms with van der Waals surface area (Å²) >= 11 is 0. The highest BCUT2D eigenvalue weighted by molar-refractivity contribution is 5.27. The Hall–Kier alpha value is -1.74. The Morgan fingerprint density at radius 1 is 1.17 bits per heavy atom. The summed E-state index contributed by atoms with van der Waals surface area (Å²) in [4.78, 5) is 3.97. The number of hydrogen-bond acceptors (Lipinski definition) is 2. The Balaban J connectivity index is 2.03. The lowest BCUT2D eigenvalue weighted by atomic mass is 9.97. The summed E-state index contributed by atoms with van der Waals surface area (Å²) in [6.45, 7) is 1.98. The summed E-state index contributed by atoms with van der Waals surface area (Å²) in [5, 5.41) is 0. The third-order valence-electron chi connectivity index (χ3n) is 3.04. The lowest BCUT2D eigenvalue weighted by Crippen LogP contribution is -2.26. The topological polar surface area (TPSA) is 38.9 Å². The van der Waals surface area contributed by atoms with E-state index in [1.54, 1.807) is 24.5 Å². The van der Waals surface area contributed by atoms with Crippen LogP contribution in [-0.4, -0.2) is 11.0 Å². The van der Waals surface area contributed by atoms with Gasteiger partial charge in [0.2, 0.25) is 0 Å². The zero-order valence-corrected chi connectivity index (χ0v) is 10.4. The molecule has 2 aromatic rings. The van der Waals surface area contributed by atoms with E-state index in [1.807, 2.05) is 19.1 Å². The van der Waals surface area contributed by atoms with Gasteiger partial charge in [-0.2, -0.15) is 0 Å². The molecule has 18 heavy (non-hydrogen) atoms. The minimum atomic E-state index is -0.202. The molecule has 1 atom stereocenters. The van der Waals surface area contributed by atoms with Gasteiger partial charge in [-0.1, -0.05) is 6.07 Å². The predicted octanol–water partition coefficient (Wildman–Crippen LogP) is 2.64. The molecule has 1 aromatic heterocycles. The van der Waals surface area contributed by atoms with Crippen LogP contribution >= 0.6 is 0 Å². The summed E-state index contributed by atoms with van der Waals surface area (Å²) < 4.78 is 13.2. The first kappa shape index (κ1) is 12.7. The molecule has 2 nitrogen and oxygen atoms in total. The van der Waals surface area contributed by atoms with Gasteiger partial charge >= 0.3 is 0 Å². The molecule has 2 N–H and O–H groups in total. The van der Waals surface area contributed by atoms with Crippen LogP contribution in [-0.2, 0) is 12.8 Å². The van der Waals surface area contributed by atoms with Crippen molar-refractivity contribution < 1.29 is 4.39 Å². The van der Waals surface area contributed by atoms with Crippen molar-refractivity contribution >= 4 is 0 Å². The second kappa shape index (κ2) is 5.74. The van der Waals surface area contributed by atoms with E-state index in [2.05, 4.69) is 4.98 Å². The monoisotopic (exact) mass is 244 g/mol. The fraction of sp³-hybridized carbons (Fsp3) is 0.267. The molecule has 1 aromatic carbocycles. The molecule has 94 valence electrons. The van der Waals surface area contributed by atoms with Gasteiger partial charge in [0.25, 0.3) is 0 Å². The van der Waals surface area contributed by atoms with Crippen molar-refractivity contribution in [3.8, 4) is 0 Å². The Labute approximate surface area is 107 Å². The van der Waals surface area contributed by atoms with Crippen molar-refractivity contribution in [2.75, 3.05) is 0 Å². The first-order valence-corrected chi connectivity index (χ1v) is 6.04. The first-order valence-electron chi connectivity index (χ1n) is 6.04. The third kappa shape index (κ3) is 3.37. The summed E-state index contributed by atoms with van der Waals surface area (Å²) in [7, 11) is 0. The van der Waals surface area contributed by atoms with E-state index in [9.17, 15) is 4.39 Å². The van der Waals surface area contributed by atoms with Crippen molar-refractivity contribution in [1.29, 1.82) is 0 Å². The van der Waals surface area contributed by atoms with Gasteiger partial charge in [0.1, 0.15) is 5.82 Å². The second-order valence-corrected chi connectivity index (χ2v) is 4.59. The highest BCUT2D eigenvalue weighted by atomic mass is 19.1. The maximum Gasteiger partial charge on any atom is 0.123 e. The molecule has 0 radical (unpaired) electrons. The third-order valence-corrected chi connectivity index (χ3v) is 3.04. The second-order valence-electron chi connectivity index (χ2n) is 4.59. The molecule has 0 fully saturated rings. The number of pyridine rings is 1. The fourth-order valence-corrected chi connectivity index (χ4v) is 2.04. The number of rotatable bonds is 4. The average molecular weight is 244 g/mol. The summed E-state index contributed by atoms with van der Waals surface area (Å²) in [6.07, 6.45) is 4.98. The van der Waals surface area contributed by atoms with Crippen LogP contribution in [0.5, 0.6) is 0 Å². The standard InChI is InChI=1S/C15H17FN2/c1-11-2-3-14(16)9-13(11)10-15(17)8-12-4-6-18-7-5-12/h2-7,9,15H,8,10,17H2,1H3. The Morgan fingerprint density at radius 3 is 2.61 bits per heavy atom. The van der Waals surface area contributed by atoms with Gasteiger partial charge in [0, 0.05) is 18.4 Å². The van der Waals surface area contributed by atoms with Crippen LogP contribution in [0.15, 0.2) is 42.7 Å². The van der Waals surface area contributed by atoms with E-state index < -0.39 is 0 Å². The Bertz CT molecular complexity index is 511. The minimum Gasteiger partial charge on any atom is -0.327 e. The van der Waals surface area contributed by atoms with Crippen LogP contribution in [0, 0.1) is 12.7 Å². The highest BCUT2D eigenvalue weighted by Gasteiger charge is 2.08. The van der Waals surface area contributed by atoms with E-state index in [0.29, 0.717) is 6.42 Å². The largest absolute Gasteiger partial charge is 0.327 e. The summed E-state index contributed by atoms with van der Waals surface area (Å²) in [6, 6.07) is 8.75. The number of benzene rings is 1. The normalized spacial score (nSPS) is 12.4. The lowest BCUT2D eigenvalue weighted by Gasteiger charge is -2.13. The van der Waals surface area contributed by atoms with Crippen molar-refractivity contribution in [3.05, 3.63) is 65.2 Å². The van der Waals surface area contributed by atoms with Crippen molar-refractivity contribution in [1.82, 2.24) is 4.98 Å². The van der Waals surface area contributed by atoms with Crippen LogP contribution in [0.25, 0.3) is 0 Å². The molecule has 0 amide bonds.